The fourth-order valence-corrected chi connectivity index (χ4v) is 1.80. The smallest absolute Gasteiger partial charge is 0.0832 e. The van der Waals surface area contributed by atoms with Gasteiger partial charge in [0, 0.05) is 17.9 Å². The number of aliphatic hydroxyl groups excluding tert-OH is 1. The number of hydrogen-bond donors (Lipinski definition) is 1. The largest absolute Gasteiger partial charge is 0.390 e. The average Bonchev–Trinajstić information content (AvgIpc) is 2.48. The fraction of sp³-hybridized carbons (Fsp3) is 0.667. The zero-order chi connectivity index (χ0) is 10.6. The quantitative estimate of drug-likeness (QED) is 0.767. The van der Waals surface area contributed by atoms with Gasteiger partial charge in [0.2, 0.25) is 0 Å². The normalized spacial score (nSPS) is 11.2. The number of hydrogen-bond acceptors (Lipinski definition) is 1. The zero-order valence-electron chi connectivity index (χ0n) is 9.45. The Kier molecular flexibility index (Phi) is 4.21. The lowest BCUT2D eigenvalue weighted by atomic mass is 10.1. The maximum absolute atomic E-state index is 9.17. The standard InChI is InChI=1S/C12H21NO/c1-4-7-13-11(8-10(2)3)5-6-12(13)9-14/h5-6,10,14H,4,7-9H2,1-3H3. The summed E-state index contributed by atoms with van der Waals surface area (Å²) in [5.74, 6) is 0.673. The molecule has 1 aromatic heterocycles. The second kappa shape index (κ2) is 5.20. The third-order valence-electron chi connectivity index (χ3n) is 2.39. The molecule has 0 radical (unpaired) electrons. The van der Waals surface area contributed by atoms with Crippen LogP contribution in [0.1, 0.15) is 38.6 Å². The van der Waals surface area contributed by atoms with Crippen LogP contribution in [-0.4, -0.2) is 9.67 Å². The highest BCUT2D eigenvalue weighted by molar-refractivity contribution is 5.16. The molecule has 0 aliphatic heterocycles. The van der Waals surface area contributed by atoms with E-state index >= 15 is 0 Å². The molecule has 2 heteroatoms. The highest BCUT2D eigenvalue weighted by Gasteiger charge is 2.07. The van der Waals surface area contributed by atoms with Gasteiger partial charge >= 0.3 is 0 Å². The van der Waals surface area contributed by atoms with Crippen LogP contribution in [0.2, 0.25) is 0 Å². The first-order valence-electron chi connectivity index (χ1n) is 5.47. The maximum Gasteiger partial charge on any atom is 0.0832 e. The van der Waals surface area contributed by atoms with E-state index in [1.807, 2.05) is 6.07 Å². The summed E-state index contributed by atoms with van der Waals surface area (Å²) in [6.07, 6.45) is 2.22. The van der Waals surface area contributed by atoms with Crippen molar-refractivity contribution in [3.8, 4) is 0 Å². The molecular formula is C12H21NO. The highest BCUT2D eigenvalue weighted by atomic mass is 16.3. The average molecular weight is 195 g/mol. The minimum Gasteiger partial charge on any atom is -0.390 e. The first-order valence-corrected chi connectivity index (χ1v) is 5.47. The van der Waals surface area contributed by atoms with E-state index in [9.17, 15) is 5.11 Å². The van der Waals surface area contributed by atoms with Gasteiger partial charge in [0.1, 0.15) is 0 Å². The van der Waals surface area contributed by atoms with E-state index in [0.29, 0.717) is 5.92 Å². The summed E-state index contributed by atoms with van der Waals surface area (Å²) < 4.78 is 2.25. The molecule has 0 saturated carbocycles. The summed E-state index contributed by atoms with van der Waals surface area (Å²) in [5.41, 5.74) is 2.40. The molecule has 14 heavy (non-hydrogen) atoms. The molecule has 1 rings (SSSR count). The van der Waals surface area contributed by atoms with Gasteiger partial charge in [0.15, 0.2) is 0 Å². The van der Waals surface area contributed by atoms with Crippen molar-refractivity contribution in [2.75, 3.05) is 0 Å². The van der Waals surface area contributed by atoms with Crippen LogP contribution >= 0.6 is 0 Å². The van der Waals surface area contributed by atoms with Gasteiger partial charge < -0.3 is 9.67 Å². The number of aromatic nitrogens is 1. The fourth-order valence-electron chi connectivity index (χ4n) is 1.80. The Balaban J connectivity index is 2.86. The van der Waals surface area contributed by atoms with E-state index < -0.39 is 0 Å². The summed E-state index contributed by atoms with van der Waals surface area (Å²) in [6.45, 7) is 7.78. The van der Waals surface area contributed by atoms with Crippen LogP contribution in [-0.2, 0) is 19.6 Å². The van der Waals surface area contributed by atoms with Crippen molar-refractivity contribution < 1.29 is 5.11 Å². The van der Waals surface area contributed by atoms with E-state index in [1.54, 1.807) is 0 Å². The van der Waals surface area contributed by atoms with Gasteiger partial charge in [-0.25, -0.2) is 0 Å². The first-order chi connectivity index (χ1) is 6.69. The van der Waals surface area contributed by atoms with Gasteiger partial charge in [-0.3, -0.25) is 0 Å². The number of aliphatic hydroxyl groups is 1. The molecule has 1 aromatic rings. The number of nitrogens with zero attached hydrogens (tertiary/aromatic N) is 1. The Morgan fingerprint density at radius 1 is 1.29 bits per heavy atom. The molecule has 2 nitrogen and oxygen atoms in total. The van der Waals surface area contributed by atoms with E-state index in [-0.39, 0.29) is 6.61 Å². The minimum absolute atomic E-state index is 0.151. The molecule has 0 spiro atoms. The summed E-state index contributed by atoms with van der Waals surface area (Å²) in [5, 5.41) is 9.17. The Labute approximate surface area is 86.6 Å². The van der Waals surface area contributed by atoms with Gasteiger partial charge in [-0.1, -0.05) is 20.8 Å². The molecule has 0 fully saturated rings. The van der Waals surface area contributed by atoms with E-state index in [4.69, 9.17) is 0 Å². The lowest BCUT2D eigenvalue weighted by Gasteiger charge is -2.12. The molecule has 1 N–H and O–H groups in total. The molecule has 0 aliphatic carbocycles. The van der Waals surface area contributed by atoms with E-state index in [1.165, 1.54) is 5.69 Å². The maximum atomic E-state index is 9.17. The first kappa shape index (κ1) is 11.3. The molecule has 1 heterocycles. The van der Waals surface area contributed by atoms with Gasteiger partial charge in [-0.15, -0.1) is 0 Å². The third-order valence-corrected chi connectivity index (χ3v) is 2.39. The molecule has 0 aliphatic rings. The summed E-state index contributed by atoms with van der Waals surface area (Å²) >= 11 is 0. The summed E-state index contributed by atoms with van der Waals surface area (Å²) in [7, 11) is 0. The van der Waals surface area contributed by atoms with Crippen molar-refractivity contribution in [3.05, 3.63) is 23.5 Å². The van der Waals surface area contributed by atoms with Crippen LogP contribution in [0.5, 0.6) is 0 Å². The molecule has 80 valence electrons. The lowest BCUT2D eigenvalue weighted by Crippen LogP contribution is -2.08. The third kappa shape index (κ3) is 2.61. The van der Waals surface area contributed by atoms with Crippen LogP contribution in [0.15, 0.2) is 12.1 Å². The molecule has 0 saturated heterocycles. The Morgan fingerprint density at radius 2 is 1.93 bits per heavy atom. The van der Waals surface area contributed by atoms with Crippen molar-refractivity contribution in [1.29, 1.82) is 0 Å². The molecular weight excluding hydrogens is 174 g/mol. The zero-order valence-corrected chi connectivity index (χ0v) is 9.45. The Bertz CT molecular complexity index is 276. The van der Waals surface area contributed by atoms with Gasteiger partial charge in [-0.05, 0) is 30.9 Å². The Morgan fingerprint density at radius 3 is 2.43 bits per heavy atom. The van der Waals surface area contributed by atoms with Gasteiger partial charge in [0.25, 0.3) is 0 Å². The van der Waals surface area contributed by atoms with Crippen molar-refractivity contribution in [1.82, 2.24) is 4.57 Å². The van der Waals surface area contributed by atoms with Crippen LogP contribution in [0.4, 0.5) is 0 Å². The summed E-state index contributed by atoms with van der Waals surface area (Å²) in [4.78, 5) is 0. The lowest BCUT2D eigenvalue weighted by molar-refractivity contribution is 0.269. The Hall–Kier alpha value is -0.760. The van der Waals surface area contributed by atoms with Crippen molar-refractivity contribution in [2.24, 2.45) is 5.92 Å². The monoisotopic (exact) mass is 195 g/mol. The van der Waals surface area contributed by atoms with Gasteiger partial charge in [-0.2, -0.15) is 0 Å². The predicted molar refractivity (Wildman–Crippen MR) is 59.2 cm³/mol. The number of rotatable bonds is 5. The second-order valence-electron chi connectivity index (χ2n) is 4.22. The van der Waals surface area contributed by atoms with Crippen LogP contribution < -0.4 is 0 Å². The van der Waals surface area contributed by atoms with Crippen LogP contribution in [0.25, 0.3) is 0 Å². The molecule has 0 bridgehead atoms. The topological polar surface area (TPSA) is 25.2 Å². The van der Waals surface area contributed by atoms with Crippen LogP contribution in [0.3, 0.4) is 0 Å². The molecule has 0 amide bonds. The molecule has 0 aromatic carbocycles. The van der Waals surface area contributed by atoms with Gasteiger partial charge in [0.05, 0.1) is 6.61 Å². The van der Waals surface area contributed by atoms with E-state index in [0.717, 1.165) is 25.1 Å². The minimum atomic E-state index is 0.151. The van der Waals surface area contributed by atoms with E-state index in [2.05, 4.69) is 31.4 Å². The molecule has 0 atom stereocenters. The highest BCUT2D eigenvalue weighted by Crippen LogP contribution is 2.14. The predicted octanol–water partition coefficient (Wildman–Crippen LogP) is 2.59. The van der Waals surface area contributed by atoms with Crippen LogP contribution in [0, 0.1) is 5.92 Å². The van der Waals surface area contributed by atoms with Crippen molar-refractivity contribution >= 4 is 0 Å². The SMILES string of the molecule is CCCn1c(CO)ccc1CC(C)C. The van der Waals surface area contributed by atoms with Crippen molar-refractivity contribution in [3.63, 3.8) is 0 Å². The molecule has 0 unspecified atom stereocenters. The second-order valence-corrected chi connectivity index (χ2v) is 4.22. The summed E-state index contributed by atoms with van der Waals surface area (Å²) in [6, 6.07) is 4.18. The van der Waals surface area contributed by atoms with Crippen molar-refractivity contribution in [2.45, 2.75) is 46.8 Å².